The zero-order chi connectivity index (χ0) is 15.5. The third kappa shape index (κ3) is 4.59. The van der Waals surface area contributed by atoms with Crippen LogP contribution in [0.5, 0.6) is 5.75 Å². The Kier molecular flexibility index (Phi) is 6.26. The van der Waals surface area contributed by atoms with Crippen LogP contribution in [-0.2, 0) is 0 Å². The lowest BCUT2D eigenvalue weighted by Crippen LogP contribution is -2.28. The lowest BCUT2D eigenvalue weighted by atomic mass is 9.87. The van der Waals surface area contributed by atoms with E-state index in [-0.39, 0.29) is 18.3 Å². The number of nitrogens with two attached hydrogens (primary N) is 1. The van der Waals surface area contributed by atoms with E-state index < -0.39 is 5.76 Å². The fourth-order valence-electron chi connectivity index (χ4n) is 2.66. The molecular formula is C15H19BrClN3O3. The Morgan fingerprint density at radius 1 is 1.35 bits per heavy atom. The van der Waals surface area contributed by atoms with Gasteiger partial charge in [0.2, 0.25) is 5.89 Å². The van der Waals surface area contributed by atoms with Crippen molar-refractivity contribution in [3.05, 3.63) is 33.2 Å². The van der Waals surface area contributed by atoms with Crippen LogP contribution in [0.2, 0.25) is 0 Å². The highest BCUT2D eigenvalue weighted by molar-refractivity contribution is 9.10. The van der Waals surface area contributed by atoms with Gasteiger partial charge in [0.05, 0.1) is 11.1 Å². The molecule has 1 aliphatic carbocycles. The molecule has 8 heteroatoms. The third-order valence-electron chi connectivity index (χ3n) is 3.98. The van der Waals surface area contributed by atoms with Crippen LogP contribution in [0.1, 0.15) is 25.7 Å². The van der Waals surface area contributed by atoms with Gasteiger partial charge in [-0.2, -0.15) is 0 Å². The van der Waals surface area contributed by atoms with Crippen molar-refractivity contribution in [1.82, 2.24) is 10.2 Å². The first kappa shape index (κ1) is 18.0. The van der Waals surface area contributed by atoms with Crippen molar-refractivity contribution in [2.45, 2.75) is 31.7 Å². The molecule has 0 saturated heterocycles. The van der Waals surface area contributed by atoms with Crippen LogP contribution >= 0.6 is 28.3 Å². The summed E-state index contributed by atoms with van der Waals surface area (Å²) in [5, 5.41) is 6.08. The summed E-state index contributed by atoms with van der Waals surface area (Å²) in [5.74, 6) is 0.946. The van der Waals surface area contributed by atoms with Crippen LogP contribution in [-0.4, -0.2) is 22.8 Å². The van der Waals surface area contributed by atoms with Gasteiger partial charge in [0.25, 0.3) is 0 Å². The Balaban J connectivity index is 0.00000192. The maximum Gasteiger partial charge on any atom is 0.434 e. The number of aromatic amines is 1. The molecule has 126 valence electrons. The molecule has 3 rings (SSSR count). The quantitative estimate of drug-likeness (QED) is 0.816. The van der Waals surface area contributed by atoms with Crippen molar-refractivity contribution in [1.29, 1.82) is 0 Å². The highest BCUT2D eigenvalue weighted by atomic mass is 79.9. The topological polar surface area (TPSA) is 94.1 Å². The molecule has 0 unspecified atom stereocenters. The van der Waals surface area contributed by atoms with Crippen molar-refractivity contribution in [3.8, 4) is 17.2 Å². The summed E-state index contributed by atoms with van der Waals surface area (Å²) in [6, 6.07) is 5.83. The van der Waals surface area contributed by atoms with Crippen LogP contribution in [0.3, 0.4) is 0 Å². The minimum atomic E-state index is -0.570. The van der Waals surface area contributed by atoms with Crippen LogP contribution in [0.4, 0.5) is 0 Å². The van der Waals surface area contributed by atoms with E-state index >= 15 is 0 Å². The first-order valence-electron chi connectivity index (χ1n) is 7.35. The van der Waals surface area contributed by atoms with Gasteiger partial charge in [0.15, 0.2) is 0 Å². The molecule has 1 aromatic heterocycles. The molecular weight excluding hydrogens is 386 g/mol. The van der Waals surface area contributed by atoms with Crippen molar-refractivity contribution in [3.63, 3.8) is 0 Å². The summed E-state index contributed by atoms with van der Waals surface area (Å²) in [7, 11) is 0. The van der Waals surface area contributed by atoms with E-state index in [0.717, 1.165) is 35.9 Å². The van der Waals surface area contributed by atoms with E-state index in [1.54, 1.807) is 0 Å². The highest BCUT2D eigenvalue weighted by Crippen LogP contribution is 2.31. The summed E-state index contributed by atoms with van der Waals surface area (Å²) < 4.78 is 11.8. The van der Waals surface area contributed by atoms with Gasteiger partial charge in [0.1, 0.15) is 5.75 Å². The number of hydrogen-bond donors (Lipinski definition) is 2. The zero-order valence-corrected chi connectivity index (χ0v) is 14.9. The minimum absolute atomic E-state index is 0. The predicted molar refractivity (Wildman–Crippen MR) is 92.9 cm³/mol. The molecule has 1 saturated carbocycles. The fourth-order valence-corrected chi connectivity index (χ4v) is 3.02. The lowest BCUT2D eigenvalue weighted by molar-refractivity contribution is 0.200. The Labute approximate surface area is 148 Å². The molecule has 0 radical (unpaired) electrons. The molecule has 1 heterocycles. The van der Waals surface area contributed by atoms with Crippen LogP contribution in [0.25, 0.3) is 11.5 Å². The Morgan fingerprint density at radius 2 is 2.09 bits per heavy atom. The molecule has 2 aromatic rings. The first-order chi connectivity index (χ1) is 10.6. The average molecular weight is 405 g/mol. The maximum atomic E-state index is 11.0. The molecule has 0 atom stereocenters. The smallest absolute Gasteiger partial charge is 0.434 e. The third-order valence-corrected chi connectivity index (χ3v) is 4.64. The summed E-state index contributed by atoms with van der Waals surface area (Å²) in [4.78, 5) is 11.0. The van der Waals surface area contributed by atoms with Gasteiger partial charge in [-0.05, 0) is 65.7 Å². The van der Waals surface area contributed by atoms with Gasteiger partial charge in [0, 0.05) is 11.6 Å². The van der Waals surface area contributed by atoms with Crippen molar-refractivity contribution < 1.29 is 9.15 Å². The van der Waals surface area contributed by atoms with E-state index in [4.69, 9.17) is 14.9 Å². The van der Waals surface area contributed by atoms with E-state index in [0.29, 0.717) is 24.1 Å². The number of halogens is 2. The minimum Gasteiger partial charge on any atom is -0.492 e. The molecule has 0 bridgehead atoms. The molecule has 1 aliphatic rings. The molecule has 1 fully saturated rings. The Hall–Kier alpha value is -1.31. The zero-order valence-electron chi connectivity index (χ0n) is 12.5. The van der Waals surface area contributed by atoms with Crippen molar-refractivity contribution in [2.24, 2.45) is 11.7 Å². The molecule has 0 spiro atoms. The number of rotatable bonds is 4. The number of nitrogens with one attached hydrogen (secondary N) is 1. The van der Waals surface area contributed by atoms with Crippen LogP contribution in [0, 0.1) is 5.92 Å². The van der Waals surface area contributed by atoms with Gasteiger partial charge in [-0.3, -0.25) is 0 Å². The summed E-state index contributed by atoms with van der Waals surface area (Å²) >= 11 is 3.48. The van der Waals surface area contributed by atoms with E-state index in [1.165, 1.54) is 0 Å². The standard InChI is InChI=1S/C15H18BrN3O3.ClH/c16-12-6-3-10(14-18-19-15(20)22-14)7-13(12)21-8-9-1-4-11(17)5-2-9;/h3,6-7,9,11H,1-2,4-5,8,17H2,(H,19,20);1H/t9-,11-;. The van der Waals surface area contributed by atoms with E-state index in [2.05, 4.69) is 26.1 Å². The second kappa shape index (κ2) is 7.99. The van der Waals surface area contributed by atoms with E-state index in [9.17, 15) is 4.79 Å². The van der Waals surface area contributed by atoms with Crippen LogP contribution < -0.4 is 16.2 Å². The van der Waals surface area contributed by atoms with Gasteiger partial charge in [-0.1, -0.05) is 0 Å². The second-order valence-electron chi connectivity index (χ2n) is 5.66. The Morgan fingerprint density at radius 3 is 2.74 bits per heavy atom. The first-order valence-corrected chi connectivity index (χ1v) is 8.15. The number of nitrogens with zero attached hydrogens (tertiary/aromatic N) is 1. The highest BCUT2D eigenvalue weighted by Gasteiger charge is 2.19. The monoisotopic (exact) mass is 403 g/mol. The molecule has 23 heavy (non-hydrogen) atoms. The number of aromatic nitrogens is 2. The molecule has 3 N–H and O–H groups in total. The fraction of sp³-hybridized carbons (Fsp3) is 0.467. The van der Waals surface area contributed by atoms with Gasteiger partial charge < -0.3 is 14.9 Å². The van der Waals surface area contributed by atoms with Gasteiger partial charge in [-0.15, -0.1) is 17.5 Å². The largest absolute Gasteiger partial charge is 0.492 e. The van der Waals surface area contributed by atoms with Crippen LogP contribution in [0.15, 0.2) is 31.9 Å². The van der Waals surface area contributed by atoms with Gasteiger partial charge >= 0.3 is 5.76 Å². The normalized spacial score (nSPS) is 20.8. The van der Waals surface area contributed by atoms with Crippen molar-refractivity contribution >= 4 is 28.3 Å². The molecule has 6 nitrogen and oxygen atoms in total. The molecule has 0 amide bonds. The number of hydrogen-bond acceptors (Lipinski definition) is 5. The average Bonchev–Trinajstić information content (AvgIpc) is 2.95. The summed E-state index contributed by atoms with van der Waals surface area (Å²) in [6.07, 6.45) is 4.33. The van der Waals surface area contributed by atoms with Gasteiger partial charge in [-0.25, -0.2) is 9.89 Å². The number of ether oxygens (including phenoxy) is 1. The SMILES string of the molecule is Cl.N[C@H]1CC[C@H](COc2cc(-c3n[nH]c(=O)o3)ccc2Br)CC1. The number of benzene rings is 1. The van der Waals surface area contributed by atoms with Crippen molar-refractivity contribution in [2.75, 3.05) is 6.61 Å². The molecule has 1 aromatic carbocycles. The molecule has 0 aliphatic heterocycles. The van der Waals surface area contributed by atoms with E-state index in [1.807, 2.05) is 18.2 Å². The maximum absolute atomic E-state index is 11.0. The number of H-pyrrole nitrogens is 1. The predicted octanol–water partition coefficient (Wildman–Crippen LogP) is 3.11. The summed E-state index contributed by atoms with van der Waals surface area (Å²) in [6.45, 7) is 0.666. The second-order valence-corrected chi connectivity index (χ2v) is 6.51. The Bertz CT molecular complexity index is 695. The lowest BCUT2D eigenvalue weighted by Gasteiger charge is -2.26. The summed E-state index contributed by atoms with van der Waals surface area (Å²) in [5.41, 5.74) is 6.62.